The molecule has 1 aliphatic heterocycles. The Morgan fingerprint density at radius 1 is 1.12 bits per heavy atom. The van der Waals surface area contributed by atoms with Gasteiger partial charge in [-0.05, 0) is 6.42 Å². The summed E-state index contributed by atoms with van der Waals surface area (Å²) in [6, 6.07) is 0. The van der Waals surface area contributed by atoms with E-state index in [0.29, 0.717) is 13.2 Å². The highest BCUT2D eigenvalue weighted by atomic mass is 16.6. The minimum Gasteiger partial charge on any atom is -0.463 e. The van der Waals surface area contributed by atoms with E-state index in [9.17, 15) is 4.79 Å². The van der Waals surface area contributed by atoms with Gasteiger partial charge in [-0.25, -0.2) is 0 Å². The predicted molar refractivity (Wildman–Crippen MR) is 90.9 cm³/mol. The van der Waals surface area contributed by atoms with Crippen LogP contribution in [0.4, 0.5) is 0 Å². The number of carbonyl (C=O) groups excluding carboxylic acids is 1. The lowest BCUT2D eigenvalue weighted by Gasteiger charge is -2.29. The van der Waals surface area contributed by atoms with Gasteiger partial charge in [-0.3, -0.25) is 4.79 Å². The van der Waals surface area contributed by atoms with Crippen LogP contribution >= 0.6 is 0 Å². The van der Waals surface area contributed by atoms with E-state index in [2.05, 4.69) is 0 Å². The molecule has 0 aromatic heterocycles. The lowest BCUT2D eigenvalue weighted by Crippen LogP contribution is -2.45. The van der Waals surface area contributed by atoms with Gasteiger partial charge in [-0.15, -0.1) is 0 Å². The number of aliphatic hydroxyl groups is 2. The molecule has 9 heteroatoms. The number of ether oxygens (including phenoxy) is 6. The minimum absolute atomic E-state index is 0.0780. The summed E-state index contributed by atoms with van der Waals surface area (Å²) in [5.74, 6) is -0.363. The van der Waals surface area contributed by atoms with Gasteiger partial charge in [0.2, 0.25) is 0 Å². The van der Waals surface area contributed by atoms with Crippen molar-refractivity contribution in [1.82, 2.24) is 0 Å². The molecule has 4 unspecified atom stereocenters. The smallest absolute Gasteiger partial charge is 0.302 e. The average Bonchev–Trinajstić information content (AvgIpc) is 3.02. The van der Waals surface area contributed by atoms with E-state index in [0.717, 1.165) is 6.42 Å². The maximum Gasteiger partial charge on any atom is 0.302 e. The summed E-state index contributed by atoms with van der Waals surface area (Å²) in [5, 5.41) is 18.0. The molecular weight excluding hydrogens is 348 g/mol. The van der Waals surface area contributed by atoms with Crippen molar-refractivity contribution in [3.63, 3.8) is 0 Å². The van der Waals surface area contributed by atoms with Crippen molar-refractivity contribution in [3.8, 4) is 0 Å². The van der Waals surface area contributed by atoms with Gasteiger partial charge in [0.25, 0.3) is 0 Å². The van der Waals surface area contributed by atoms with E-state index < -0.39 is 12.2 Å². The molecule has 9 nitrogen and oxygen atoms in total. The molecule has 0 aromatic rings. The topological polar surface area (TPSA) is 113 Å². The zero-order chi connectivity index (χ0) is 19.2. The quantitative estimate of drug-likeness (QED) is 0.287. The molecule has 26 heavy (non-hydrogen) atoms. The maximum atomic E-state index is 10.8. The number of aliphatic hydroxyl groups excluding tert-OH is 2. The summed E-state index contributed by atoms with van der Waals surface area (Å²) in [5.41, 5.74) is 0. The van der Waals surface area contributed by atoms with Crippen LogP contribution < -0.4 is 0 Å². The van der Waals surface area contributed by atoms with Gasteiger partial charge >= 0.3 is 5.97 Å². The van der Waals surface area contributed by atoms with E-state index in [1.165, 1.54) is 6.92 Å². The van der Waals surface area contributed by atoms with E-state index >= 15 is 0 Å². The molecule has 0 aliphatic carbocycles. The first-order valence-electron chi connectivity index (χ1n) is 9.03. The highest BCUT2D eigenvalue weighted by Gasteiger charge is 2.43. The molecule has 1 aliphatic rings. The Morgan fingerprint density at radius 3 is 2.54 bits per heavy atom. The summed E-state index contributed by atoms with van der Waals surface area (Å²) in [7, 11) is 0. The summed E-state index contributed by atoms with van der Waals surface area (Å²) in [4.78, 5) is 10.8. The Kier molecular flexibility index (Phi) is 12.8. The molecule has 154 valence electrons. The Bertz CT molecular complexity index is 366. The van der Waals surface area contributed by atoms with Gasteiger partial charge in [0, 0.05) is 13.5 Å². The number of carbonyl (C=O) groups is 1. The summed E-state index contributed by atoms with van der Waals surface area (Å²) in [6.45, 7) is 4.94. The first-order valence-corrected chi connectivity index (χ1v) is 9.03. The van der Waals surface area contributed by atoms with Crippen molar-refractivity contribution in [2.75, 3.05) is 59.5 Å². The van der Waals surface area contributed by atoms with E-state index in [-0.39, 0.29) is 64.4 Å². The fraction of sp³-hybridized carbons (Fsp3) is 0.941. The van der Waals surface area contributed by atoms with Crippen molar-refractivity contribution in [3.05, 3.63) is 0 Å². The Morgan fingerprint density at radius 2 is 1.88 bits per heavy atom. The van der Waals surface area contributed by atoms with Crippen LogP contribution in [0.15, 0.2) is 0 Å². The number of hydrogen-bond acceptors (Lipinski definition) is 9. The third-order valence-corrected chi connectivity index (χ3v) is 3.69. The SMILES string of the molecule is CCCOC1C(OCCO)COC1C(COCCOC(C)=O)OCCO. The third kappa shape index (κ3) is 8.72. The molecular formula is C17H32O9. The van der Waals surface area contributed by atoms with Crippen LogP contribution in [0.1, 0.15) is 20.3 Å². The van der Waals surface area contributed by atoms with Crippen LogP contribution in [0.25, 0.3) is 0 Å². The van der Waals surface area contributed by atoms with Crippen LogP contribution in [0.5, 0.6) is 0 Å². The Balaban J connectivity index is 2.60. The first-order chi connectivity index (χ1) is 12.6. The van der Waals surface area contributed by atoms with Gasteiger partial charge in [-0.2, -0.15) is 0 Å². The molecule has 1 rings (SSSR count). The van der Waals surface area contributed by atoms with Gasteiger partial charge in [0.1, 0.15) is 31.0 Å². The standard InChI is InChI=1S/C17H32O9/c1-3-6-25-16-15(24-8-5-19)12-26-17(16)14(23-7-4-18)11-21-9-10-22-13(2)20/h14-19H,3-12H2,1-2H3. The molecule has 1 heterocycles. The molecule has 0 bridgehead atoms. The third-order valence-electron chi connectivity index (χ3n) is 3.69. The zero-order valence-electron chi connectivity index (χ0n) is 15.6. The molecule has 1 fully saturated rings. The second kappa shape index (κ2) is 14.3. The van der Waals surface area contributed by atoms with Crippen molar-refractivity contribution in [2.24, 2.45) is 0 Å². The Labute approximate surface area is 154 Å². The first kappa shape index (κ1) is 23.2. The van der Waals surface area contributed by atoms with Crippen LogP contribution in [0, 0.1) is 0 Å². The van der Waals surface area contributed by atoms with Crippen molar-refractivity contribution in [1.29, 1.82) is 0 Å². The molecule has 4 atom stereocenters. The predicted octanol–water partition coefficient (Wildman–Crippen LogP) is -0.485. The highest BCUT2D eigenvalue weighted by Crippen LogP contribution is 2.25. The fourth-order valence-corrected chi connectivity index (χ4v) is 2.61. The largest absolute Gasteiger partial charge is 0.463 e. The van der Waals surface area contributed by atoms with Crippen LogP contribution in [-0.4, -0.2) is 100 Å². The summed E-state index contributed by atoms with van der Waals surface area (Å²) in [6.07, 6.45) is -0.714. The second-order valence-electron chi connectivity index (χ2n) is 5.81. The van der Waals surface area contributed by atoms with E-state index in [4.69, 9.17) is 38.6 Å². The molecule has 0 spiro atoms. The maximum absolute atomic E-state index is 10.8. The molecule has 2 N–H and O–H groups in total. The summed E-state index contributed by atoms with van der Waals surface area (Å²) >= 11 is 0. The van der Waals surface area contributed by atoms with Gasteiger partial charge < -0.3 is 38.6 Å². The van der Waals surface area contributed by atoms with E-state index in [1.807, 2.05) is 6.92 Å². The highest BCUT2D eigenvalue weighted by molar-refractivity contribution is 5.65. The molecule has 0 aromatic carbocycles. The average molecular weight is 380 g/mol. The lowest BCUT2D eigenvalue weighted by atomic mass is 10.1. The van der Waals surface area contributed by atoms with Crippen molar-refractivity contribution in [2.45, 2.75) is 44.7 Å². The fourth-order valence-electron chi connectivity index (χ4n) is 2.61. The van der Waals surface area contributed by atoms with Gasteiger partial charge in [0.15, 0.2) is 0 Å². The Hall–Kier alpha value is -0.810. The second-order valence-corrected chi connectivity index (χ2v) is 5.81. The molecule has 1 saturated heterocycles. The normalized spacial score (nSPS) is 23.9. The van der Waals surface area contributed by atoms with Crippen molar-refractivity contribution >= 4 is 5.97 Å². The lowest BCUT2D eigenvalue weighted by molar-refractivity contribution is -0.146. The number of esters is 1. The molecule has 0 amide bonds. The number of hydrogen-bond donors (Lipinski definition) is 2. The van der Waals surface area contributed by atoms with Crippen LogP contribution in [0.2, 0.25) is 0 Å². The van der Waals surface area contributed by atoms with Gasteiger partial charge in [0.05, 0.1) is 46.2 Å². The van der Waals surface area contributed by atoms with Gasteiger partial charge in [-0.1, -0.05) is 6.92 Å². The number of rotatable bonds is 15. The van der Waals surface area contributed by atoms with Crippen molar-refractivity contribution < 1.29 is 43.4 Å². The monoisotopic (exact) mass is 380 g/mol. The molecule has 0 saturated carbocycles. The van der Waals surface area contributed by atoms with Crippen LogP contribution in [0.3, 0.4) is 0 Å². The molecule has 0 radical (unpaired) electrons. The van der Waals surface area contributed by atoms with E-state index in [1.54, 1.807) is 0 Å². The summed E-state index contributed by atoms with van der Waals surface area (Å²) < 4.78 is 33.4. The zero-order valence-corrected chi connectivity index (χ0v) is 15.6. The van der Waals surface area contributed by atoms with Crippen LogP contribution in [-0.2, 0) is 33.2 Å². The minimum atomic E-state index is -0.468.